The van der Waals surface area contributed by atoms with Crippen molar-refractivity contribution in [1.29, 1.82) is 0 Å². The molecule has 0 radical (unpaired) electrons. The van der Waals surface area contributed by atoms with Gasteiger partial charge in [0.15, 0.2) is 0 Å². The van der Waals surface area contributed by atoms with Crippen LogP contribution in [0.2, 0.25) is 0 Å². The minimum absolute atomic E-state index is 0.0132. The SMILES string of the molecule is CC(CC(N)=O)n1c(CCCl)nc2cc(I)ccc21. The number of hydrogen-bond donors (Lipinski definition) is 1. The smallest absolute Gasteiger partial charge is 0.219 e. The molecule has 1 atom stereocenters. The van der Waals surface area contributed by atoms with Gasteiger partial charge in [-0.25, -0.2) is 4.98 Å². The van der Waals surface area contributed by atoms with Crippen molar-refractivity contribution in [3.8, 4) is 0 Å². The minimum atomic E-state index is -0.309. The molecular weight excluding hydrogens is 377 g/mol. The van der Waals surface area contributed by atoms with Crippen LogP contribution in [0.4, 0.5) is 0 Å². The lowest BCUT2D eigenvalue weighted by Gasteiger charge is -2.15. The van der Waals surface area contributed by atoms with Crippen molar-refractivity contribution in [2.24, 2.45) is 5.73 Å². The standard InChI is InChI=1S/C13H15ClIN3O/c1-8(6-12(16)19)18-11-3-2-9(15)7-10(11)17-13(18)4-5-14/h2-3,7-8H,4-6H2,1H3,(H2,16,19). The van der Waals surface area contributed by atoms with Crippen LogP contribution >= 0.6 is 34.2 Å². The monoisotopic (exact) mass is 391 g/mol. The van der Waals surface area contributed by atoms with Gasteiger partial charge in [0, 0.05) is 28.3 Å². The van der Waals surface area contributed by atoms with Gasteiger partial charge in [-0.3, -0.25) is 4.79 Å². The predicted molar refractivity (Wildman–Crippen MR) is 85.4 cm³/mol. The molecule has 0 spiro atoms. The Balaban J connectivity index is 2.54. The van der Waals surface area contributed by atoms with E-state index in [1.807, 2.05) is 25.1 Å². The topological polar surface area (TPSA) is 60.9 Å². The van der Waals surface area contributed by atoms with Crippen LogP contribution in [0.15, 0.2) is 18.2 Å². The number of hydrogen-bond acceptors (Lipinski definition) is 2. The average molecular weight is 392 g/mol. The van der Waals surface area contributed by atoms with Gasteiger partial charge < -0.3 is 10.3 Å². The molecule has 6 heteroatoms. The van der Waals surface area contributed by atoms with E-state index in [9.17, 15) is 4.79 Å². The molecule has 1 aromatic carbocycles. The Morgan fingerprint density at radius 3 is 2.95 bits per heavy atom. The molecule has 102 valence electrons. The number of nitrogens with two attached hydrogens (primary N) is 1. The Kier molecular flexibility index (Phi) is 4.67. The second-order valence-corrected chi connectivity index (χ2v) is 6.11. The van der Waals surface area contributed by atoms with Crippen LogP contribution in [0.1, 0.15) is 25.2 Å². The molecule has 0 aliphatic carbocycles. The fraction of sp³-hybridized carbons (Fsp3) is 0.385. The summed E-state index contributed by atoms with van der Waals surface area (Å²) >= 11 is 8.09. The second-order valence-electron chi connectivity index (χ2n) is 4.49. The molecule has 0 fully saturated rings. The van der Waals surface area contributed by atoms with E-state index >= 15 is 0 Å². The molecule has 1 unspecified atom stereocenters. The number of alkyl halides is 1. The van der Waals surface area contributed by atoms with Gasteiger partial charge in [-0.05, 0) is 47.7 Å². The van der Waals surface area contributed by atoms with Crippen molar-refractivity contribution >= 4 is 51.1 Å². The van der Waals surface area contributed by atoms with Crippen LogP contribution in [0.3, 0.4) is 0 Å². The van der Waals surface area contributed by atoms with Crippen LogP contribution in [0.5, 0.6) is 0 Å². The third-order valence-electron chi connectivity index (χ3n) is 2.98. The van der Waals surface area contributed by atoms with E-state index in [-0.39, 0.29) is 11.9 Å². The minimum Gasteiger partial charge on any atom is -0.370 e. The van der Waals surface area contributed by atoms with E-state index in [1.165, 1.54) is 0 Å². The number of amides is 1. The zero-order chi connectivity index (χ0) is 14.0. The van der Waals surface area contributed by atoms with Gasteiger partial charge in [0.25, 0.3) is 0 Å². The number of benzene rings is 1. The van der Waals surface area contributed by atoms with E-state index in [2.05, 4.69) is 32.1 Å². The maximum atomic E-state index is 11.1. The van der Waals surface area contributed by atoms with Gasteiger partial charge in [-0.15, -0.1) is 11.6 Å². The van der Waals surface area contributed by atoms with Crippen molar-refractivity contribution < 1.29 is 4.79 Å². The fourth-order valence-electron chi connectivity index (χ4n) is 2.26. The van der Waals surface area contributed by atoms with E-state index in [1.54, 1.807) is 0 Å². The van der Waals surface area contributed by atoms with Gasteiger partial charge >= 0.3 is 0 Å². The van der Waals surface area contributed by atoms with Gasteiger partial charge in [0.1, 0.15) is 5.82 Å². The first kappa shape index (κ1) is 14.6. The molecule has 19 heavy (non-hydrogen) atoms. The summed E-state index contributed by atoms with van der Waals surface area (Å²) in [4.78, 5) is 15.7. The van der Waals surface area contributed by atoms with Crippen LogP contribution in [-0.2, 0) is 11.2 Å². The number of aryl methyl sites for hydroxylation is 1. The largest absolute Gasteiger partial charge is 0.370 e. The second kappa shape index (κ2) is 6.09. The van der Waals surface area contributed by atoms with E-state index < -0.39 is 0 Å². The first-order valence-corrected chi connectivity index (χ1v) is 7.65. The summed E-state index contributed by atoms with van der Waals surface area (Å²) in [5.41, 5.74) is 7.25. The predicted octanol–water partition coefficient (Wildman–Crippen LogP) is 2.86. The lowest BCUT2D eigenvalue weighted by atomic mass is 10.2. The Labute approximate surface area is 130 Å². The van der Waals surface area contributed by atoms with Crippen molar-refractivity contribution in [1.82, 2.24) is 9.55 Å². The van der Waals surface area contributed by atoms with Gasteiger partial charge in [0.05, 0.1) is 11.0 Å². The number of nitrogens with zero attached hydrogens (tertiary/aromatic N) is 2. The lowest BCUT2D eigenvalue weighted by Crippen LogP contribution is -2.19. The molecule has 2 rings (SSSR count). The lowest BCUT2D eigenvalue weighted by molar-refractivity contribution is -0.118. The molecule has 0 saturated carbocycles. The fourth-order valence-corrected chi connectivity index (χ4v) is 2.90. The van der Waals surface area contributed by atoms with Gasteiger partial charge in [0.2, 0.25) is 5.91 Å². The maximum absolute atomic E-state index is 11.1. The highest BCUT2D eigenvalue weighted by molar-refractivity contribution is 14.1. The quantitative estimate of drug-likeness (QED) is 0.629. The molecule has 1 aromatic heterocycles. The number of imidazole rings is 1. The highest BCUT2D eigenvalue weighted by Gasteiger charge is 2.17. The van der Waals surface area contributed by atoms with Crippen molar-refractivity contribution in [2.75, 3.05) is 5.88 Å². The number of aromatic nitrogens is 2. The molecule has 0 aliphatic heterocycles. The number of fused-ring (bicyclic) bond motifs is 1. The van der Waals surface area contributed by atoms with Crippen LogP contribution in [0, 0.1) is 3.57 Å². The molecule has 0 saturated heterocycles. The van der Waals surface area contributed by atoms with Crippen LogP contribution in [0.25, 0.3) is 11.0 Å². The number of rotatable bonds is 5. The van der Waals surface area contributed by atoms with Crippen LogP contribution in [-0.4, -0.2) is 21.3 Å². The third-order valence-corrected chi connectivity index (χ3v) is 3.84. The first-order valence-electron chi connectivity index (χ1n) is 6.03. The average Bonchev–Trinajstić information content (AvgIpc) is 2.65. The van der Waals surface area contributed by atoms with Gasteiger partial charge in [-0.1, -0.05) is 0 Å². The van der Waals surface area contributed by atoms with E-state index in [0.717, 1.165) is 20.4 Å². The first-order chi connectivity index (χ1) is 9.02. The summed E-state index contributed by atoms with van der Waals surface area (Å²) in [6.45, 7) is 1.97. The summed E-state index contributed by atoms with van der Waals surface area (Å²) in [6, 6.07) is 6.07. The normalized spacial score (nSPS) is 12.8. The molecule has 0 bridgehead atoms. The molecule has 2 aromatic rings. The molecule has 1 heterocycles. The molecule has 0 aliphatic rings. The highest BCUT2D eigenvalue weighted by Crippen LogP contribution is 2.25. The zero-order valence-corrected chi connectivity index (χ0v) is 13.5. The summed E-state index contributed by atoms with van der Waals surface area (Å²) in [5, 5.41) is 0. The van der Waals surface area contributed by atoms with Crippen LogP contribution < -0.4 is 5.73 Å². The molecular formula is C13H15ClIN3O. The third kappa shape index (κ3) is 3.20. The number of primary amides is 1. The van der Waals surface area contributed by atoms with Gasteiger partial charge in [-0.2, -0.15) is 0 Å². The zero-order valence-electron chi connectivity index (χ0n) is 10.6. The summed E-state index contributed by atoms with van der Waals surface area (Å²) in [5.74, 6) is 1.10. The molecule has 2 N–H and O–H groups in total. The summed E-state index contributed by atoms with van der Waals surface area (Å²) in [7, 11) is 0. The van der Waals surface area contributed by atoms with Crippen molar-refractivity contribution in [3.63, 3.8) is 0 Å². The highest BCUT2D eigenvalue weighted by atomic mass is 127. The van der Waals surface area contributed by atoms with E-state index in [4.69, 9.17) is 17.3 Å². The number of halogens is 2. The number of carbonyl (C=O) groups is 1. The van der Waals surface area contributed by atoms with Crippen molar-refractivity contribution in [3.05, 3.63) is 27.6 Å². The van der Waals surface area contributed by atoms with Crippen molar-refractivity contribution in [2.45, 2.75) is 25.8 Å². The van der Waals surface area contributed by atoms with E-state index in [0.29, 0.717) is 18.7 Å². The molecule has 4 nitrogen and oxygen atoms in total. The summed E-state index contributed by atoms with van der Waals surface area (Å²) in [6.07, 6.45) is 0.975. The Hall–Kier alpha value is -0.820. The maximum Gasteiger partial charge on any atom is 0.219 e. The summed E-state index contributed by atoms with van der Waals surface area (Å²) < 4.78 is 3.20. The Morgan fingerprint density at radius 1 is 1.58 bits per heavy atom. The number of carbonyl (C=O) groups excluding carboxylic acids is 1. The molecule has 1 amide bonds. The Morgan fingerprint density at radius 2 is 2.32 bits per heavy atom. The Bertz CT molecular complexity index is 611.